The number of amides is 2. The van der Waals surface area contributed by atoms with Gasteiger partial charge < -0.3 is 14.5 Å². The van der Waals surface area contributed by atoms with Crippen LogP contribution >= 0.6 is 0 Å². The van der Waals surface area contributed by atoms with Gasteiger partial charge in [-0.25, -0.2) is 0 Å². The van der Waals surface area contributed by atoms with E-state index in [1.165, 1.54) is 0 Å². The van der Waals surface area contributed by atoms with E-state index in [2.05, 4.69) is 4.90 Å². The Kier molecular flexibility index (Phi) is 6.04. The fourth-order valence-electron chi connectivity index (χ4n) is 3.51. The lowest BCUT2D eigenvalue weighted by Gasteiger charge is -2.35. The summed E-state index contributed by atoms with van der Waals surface area (Å²) in [6, 6.07) is 7.61. The van der Waals surface area contributed by atoms with E-state index in [1.54, 1.807) is 7.11 Å². The number of ether oxygens (including phenoxy) is 1. The number of methoxy groups -OCH3 is 1. The van der Waals surface area contributed by atoms with Gasteiger partial charge in [0.25, 0.3) is 5.91 Å². The quantitative estimate of drug-likeness (QED) is 0.805. The third kappa shape index (κ3) is 4.58. The number of carbonyl (C=O) groups is 2. The van der Waals surface area contributed by atoms with E-state index >= 15 is 0 Å². The Morgan fingerprint density at radius 2 is 1.72 bits per heavy atom. The van der Waals surface area contributed by atoms with E-state index in [0.29, 0.717) is 31.8 Å². The molecule has 3 rings (SSSR count). The minimum absolute atomic E-state index is 0.0588. The van der Waals surface area contributed by atoms with Gasteiger partial charge in [0.2, 0.25) is 5.91 Å². The largest absolute Gasteiger partial charge is 0.380 e. The van der Waals surface area contributed by atoms with E-state index in [-0.39, 0.29) is 11.8 Å². The lowest BCUT2D eigenvalue weighted by Crippen LogP contribution is -2.51. The second kappa shape index (κ2) is 8.45. The van der Waals surface area contributed by atoms with Crippen molar-refractivity contribution in [2.45, 2.75) is 19.4 Å². The molecule has 2 saturated heterocycles. The third-order valence-corrected chi connectivity index (χ3v) is 4.96. The molecule has 1 aromatic rings. The number of rotatable bonds is 5. The standard InChI is InChI=1S/C19H27N3O3/c1-25-15-16-5-4-6-17(13-16)19(24)22-11-9-20(10-12-22)14-18(23)21-7-2-3-8-21/h4-6,13H,2-3,7-12,14-15H2,1H3. The molecule has 0 unspecified atom stereocenters. The Labute approximate surface area is 149 Å². The molecule has 2 aliphatic rings. The van der Waals surface area contributed by atoms with E-state index in [9.17, 15) is 9.59 Å². The van der Waals surface area contributed by atoms with Crippen LogP contribution in [0.2, 0.25) is 0 Å². The first-order valence-corrected chi connectivity index (χ1v) is 9.04. The molecule has 2 aliphatic heterocycles. The molecule has 0 radical (unpaired) electrons. The predicted octanol–water partition coefficient (Wildman–Crippen LogP) is 1.21. The highest BCUT2D eigenvalue weighted by atomic mass is 16.5. The Morgan fingerprint density at radius 3 is 2.40 bits per heavy atom. The summed E-state index contributed by atoms with van der Waals surface area (Å²) < 4.78 is 5.13. The van der Waals surface area contributed by atoms with Crippen molar-refractivity contribution in [3.8, 4) is 0 Å². The molecule has 6 nitrogen and oxygen atoms in total. The summed E-state index contributed by atoms with van der Waals surface area (Å²) in [5, 5.41) is 0. The van der Waals surface area contributed by atoms with Gasteiger partial charge in [0.15, 0.2) is 0 Å². The van der Waals surface area contributed by atoms with Crippen molar-refractivity contribution in [2.75, 3.05) is 52.9 Å². The maximum Gasteiger partial charge on any atom is 0.253 e. The molecule has 2 amide bonds. The zero-order chi connectivity index (χ0) is 17.6. The molecule has 6 heteroatoms. The summed E-state index contributed by atoms with van der Waals surface area (Å²) in [7, 11) is 1.65. The van der Waals surface area contributed by atoms with E-state index in [0.717, 1.165) is 44.6 Å². The molecule has 0 bridgehead atoms. The number of nitrogens with zero attached hydrogens (tertiary/aromatic N) is 3. The predicted molar refractivity (Wildman–Crippen MR) is 95.3 cm³/mol. The van der Waals surface area contributed by atoms with Crippen LogP contribution in [0.5, 0.6) is 0 Å². The lowest BCUT2D eigenvalue weighted by atomic mass is 10.1. The zero-order valence-electron chi connectivity index (χ0n) is 14.9. The molecular formula is C19H27N3O3. The monoisotopic (exact) mass is 345 g/mol. The summed E-state index contributed by atoms with van der Waals surface area (Å²) in [6.45, 7) is 5.62. The number of carbonyl (C=O) groups excluding carboxylic acids is 2. The molecule has 0 N–H and O–H groups in total. The highest BCUT2D eigenvalue weighted by Gasteiger charge is 2.25. The van der Waals surface area contributed by atoms with Crippen LogP contribution in [-0.4, -0.2) is 79.4 Å². The normalized spacial score (nSPS) is 18.6. The van der Waals surface area contributed by atoms with Gasteiger partial charge in [-0.1, -0.05) is 12.1 Å². The highest BCUT2D eigenvalue weighted by Crippen LogP contribution is 2.13. The number of hydrogen-bond acceptors (Lipinski definition) is 4. The van der Waals surface area contributed by atoms with Crippen LogP contribution in [0.3, 0.4) is 0 Å². The Bertz CT molecular complexity index is 606. The summed E-state index contributed by atoms with van der Waals surface area (Å²) >= 11 is 0. The summed E-state index contributed by atoms with van der Waals surface area (Å²) in [5.41, 5.74) is 1.71. The first kappa shape index (κ1) is 17.9. The molecule has 25 heavy (non-hydrogen) atoms. The van der Waals surface area contributed by atoms with E-state index in [1.807, 2.05) is 34.1 Å². The molecule has 0 aromatic heterocycles. The second-order valence-corrected chi connectivity index (χ2v) is 6.79. The molecule has 2 fully saturated rings. The smallest absolute Gasteiger partial charge is 0.253 e. The molecule has 0 atom stereocenters. The van der Waals surface area contributed by atoms with Crippen molar-refractivity contribution in [2.24, 2.45) is 0 Å². The van der Waals surface area contributed by atoms with Gasteiger partial charge in [-0.2, -0.15) is 0 Å². The Hall–Kier alpha value is -1.92. The van der Waals surface area contributed by atoms with E-state index in [4.69, 9.17) is 4.74 Å². The first-order chi connectivity index (χ1) is 12.2. The van der Waals surface area contributed by atoms with Crippen LogP contribution in [0.25, 0.3) is 0 Å². The number of benzene rings is 1. The maximum atomic E-state index is 12.7. The van der Waals surface area contributed by atoms with Crippen LogP contribution < -0.4 is 0 Å². The average Bonchev–Trinajstić information content (AvgIpc) is 3.17. The number of likely N-dealkylation sites (tertiary alicyclic amines) is 1. The third-order valence-electron chi connectivity index (χ3n) is 4.96. The van der Waals surface area contributed by atoms with Gasteiger partial charge in [-0.05, 0) is 30.5 Å². The molecule has 0 spiro atoms. The number of hydrogen-bond donors (Lipinski definition) is 0. The molecule has 1 aromatic carbocycles. The van der Waals surface area contributed by atoms with Gasteiger partial charge in [0, 0.05) is 51.9 Å². The van der Waals surface area contributed by atoms with E-state index < -0.39 is 0 Å². The van der Waals surface area contributed by atoms with Crippen LogP contribution in [-0.2, 0) is 16.1 Å². The van der Waals surface area contributed by atoms with Gasteiger partial charge in [0.1, 0.15) is 0 Å². The molecular weight excluding hydrogens is 318 g/mol. The van der Waals surface area contributed by atoms with Crippen molar-refractivity contribution < 1.29 is 14.3 Å². The van der Waals surface area contributed by atoms with Crippen molar-refractivity contribution in [1.82, 2.24) is 14.7 Å². The topological polar surface area (TPSA) is 53.1 Å². The van der Waals surface area contributed by atoms with Crippen LogP contribution in [0.4, 0.5) is 0 Å². The maximum absolute atomic E-state index is 12.7. The molecule has 2 heterocycles. The Morgan fingerprint density at radius 1 is 1.00 bits per heavy atom. The van der Waals surface area contributed by atoms with Gasteiger partial charge in [0.05, 0.1) is 13.2 Å². The fourth-order valence-corrected chi connectivity index (χ4v) is 3.51. The minimum Gasteiger partial charge on any atom is -0.380 e. The van der Waals surface area contributed by atoms with Crippen molar-refractivity contribution in [3.63, 3.8) is 0 Å². The summed E-state index contributed by atoms with van der Waals surface area (Å²) in [4.78, 5) is 30.9. The number of piperazine rings is 1. The molecule has 136 valence electrons. The first-order valence-electron chi connectivity index (χ1n) is 9.04. The summed E-state index contributed by atoms with van der Waals surface area (Å²) in [5.74, 6) is 0.285. The summed E-state index contributed by atoms with van der Waals surface area (Å²) in [6.07, 6.45) is 2.24. The van der Waals surface area contributed by atoms with Crippen LogP contribution in [0, 0.1) is 0 Å². The molecule has 0 saturated carbocycles. The van der Waals surface area contributed by atoms with Crippen LogP contribution in [0.1, 0.15) is 28.8 Å². The molecule has 0 aliphatic carbocycles. The van der Waals surface area contributed by atoms with Gasteiger partial charge >= 0.3 is 0 Å². The second-order valence-electron chi connectivity index (χ2n) is 6.79. The highest BCUT2D eigenvalue weighted by molar-refractivity contribution is 5.94. The average molecular weight is 345 g/mol. The van der Waals surface area contributed by atoms with Gasteiger partial charge in [-0.15, -0.1) is 0 Å². The minimum atomic E-state index is 0.0588. The Balaban J connectivity index is 1.50. The van der Waals surface area contributed by atoms with Crippen molar-refractivity contribution in [1.29, 1.82) is 0 Å². The lowest BCUT2D eigenvalue weighted by molar-refractivity contribution is -0.131. The van der Waals surface area contributed by atoms with Crippen molar-refractivity contribution in [3.05, 3.63) is 35.4 Å². The SMILES string of the molecule is COCc1cccc(C(=O)N2CCN(CC(=O)N3CCCC3)CC2)c1. The van der Waals surface area contributed by atoms with Crippen molar-refractivity contribution >= 4 is 11.8 Å². The van der Waals surface area contributed by atoms with Crippen LogP contribution in [0.15, 0.2) is 24.3 Å². The fraction of sp³-hybridized carbons (Fsp3) is 0.579. The van der Waals surface area contributed by atoms with Gasteiger partial charge in [-0.3, -0.25) is 14.5 Å². The zero-order valence-corrected chi connectivity index (χ0v) is 14.9.